The van der Waals surface area contributed by atoms with Gasteiger partial charge >= 0.3 is 0 Å². The number of ether oxygens (including phenoxy) is 1. The predicted octanol–water partition coefficient (Wildman–Crippen LogP) is 6.78. The minimum atomic E-state index is -0.976. The zero-order valence-corrected chi connectivity index (χ0v) is 17.6. The molecule has 0 aromatic heterocycles. The third kappa shape index (κ3) is 2.57. The van der Waals surface area contributed by atoms with Gasteiger partial charge in [-0.15, -0.1) is 11.8 Å². The topological polar surface area (TPSA) is 12.2 Å². The first kappa shape index (κ1) is 18.2. The molecule has 5 rings (SSSR count). The number of alkyl halides is 2. The number of benzene rings is 3. The lowest BCUT2D eigenvalue weighted by molar-refractivity contribution is 0.414. The summed E-state index contributed by atoms with van der Waals surface area (Å²) in [5, 5.41) is 0.219. The Balaban J connectivity index is 1.66. The van der Waals surface area contributed by atoms with Gasteiger partial charge in [0.05, 0.1) is 12.8 Å². The van der Waals surface area contributed by atoms with E-state index in [-0.39, 0.29) is 5.25 Å². The maximum absolute atomic E-state index is 6.97. The van der Waals surface area contributed by atoms with Gasteiger partial charge in [-0.05, 0) is 41.8 Å². The van der Waals surface area contributed by atoms with Crippen LogP contribution in [0.5, 0.6) is 5.75 Å². The fraction of sp³-hybridized carbons (Fsp3) is 0.217. The van der Waals surface area contributed by atoms with Gasteiger partial charge in [-0.2, -0.15) is 0 Å². The summed E-state index contributed by atoms with van der Waals surface area (Å²) >= 11 is 15.8. The smallest absolute Gasteiger partial charge is 0.219 e. The lowest BCUT2D eigenvalue weighted by atomic mass is 9.91. The van der Waals surface area contributed by atoms with Crippen LogP contribution in [0.25, 0.3) is 0 Å². The molecule has 2 aliphatic heterocycles. The van der Waals surface area contributed by atoms with E-state index in [0.29, 0.717) is 0 Å². The molecule has 0 bridgehead atoms. The van der Waals surface area contributed by atoms with Gasteiger partial charge in [0, 0.05) is 10.1 Å². The van der Waals surface area contributed by atoms with Gasteiger partial charge in [0.1, 0.15) is 11.3 Å². The monoisotopic (exact) mass is 427 g/mol. The average Bonchev–Trinajstić information content (AvgIpc) is 3.29. The van der Waals surface area contributed by atoms with Crippen LogP contribution in [-0.4, -0.2) is 11.6 Å². The highest BCUT2D eigenvalue weighted by atomic mass is 35.5. The zero-order valence-electron chi connectivity index (χ0n) is 15.3. The van der Waals surface area contributed by atoms with Crippen molar-refractivity contribution in [3.8, 4) is 5.75 Å². The SMILES string of the molecule is COc1ccc([C@H]2C[C@@]3(c4ccccc4)N(c4ccccc4S2)C3(Cl)Cl)cc1. The molecule has 0 saturated carbocycles. The number of thioether (sulfide) groups is 1. The van der Waals surface area contributed by atoms with E-state index in [1.807, 2.05) is 36.0 Å². The highest BCUT2D eigenvalue weighted by molar-refractivity contribution is 7.99. The number of halogens is 2. The van der Waals surface area contributed by atoms with Crippen molar-refractivity contribution in [2.45, 2.75) is 26.6 Å². The van der Waals surface area contributed by atoms with Gasteiger partial charge < -0.3 is 9.64 Å². The third-order valence-electron chi connectivity index (χ3n) is 5.71. The first-order valence-corrected chi connectivity index (χ1v) is 10.8. The third-order valence-corrected chi connectivity index (χ3v) is 7.99. The molecule has 2 heterocycles. The van der Waals surface area contributed by atoms with E-state index < -0.39 is 10.00 Å². The average molecular weight is 428 g/mol. The van der Waals surface area contributed by atoms with Crippen molar-refractivity contribution in [2.24, 2.45) is 0 Å². The molecule has 2 atom stereocenters. The maximum atomic E-state index is 6.97. The van der Waals surface area contributed by atoms with Gasteiger partial charge in [-0.25, -0.2) is 0 Å². The Morgan fingerprint density at radius 1 is 0.929 bits per heavy atom. The number of hydrogen-bond donors (Lipinski definition) is 0. The van der Waals surface area contributed by atoms with Crippen LogP contribution in [0, 0.1) is 0 Å². The largest absolute Gasteiger partial charge is 0.497 e. The van der Waals surface area contributed by atoms with E-state index in [1.165, 1.54) is 10.5 Å². The van der Waals surface area contributed by atoms with Crippen LogP contribution < -0.4 is 9.64 Å². The predicted molar refractivity (Wildman–Crippen MR) is 118 cm³/mol. The van der Waals surface area contributed by atoms with E-state index in [1.54, 1.807) is 7.11 Å². The van der Waals surface area contributed by atoms with E-state index >= 15 is 0 Å². The molecule has 5 heteroatoms. The van der Waals surface area contributed by atoms with Crippen LogP contribution in [0.2, 0.25) is 0 Å². The number of nitrogens with zero attached hydrogens (tertiary/aromatic N) is 1. The Morgan fingerprint density at radius 2 is 1.61 bits per heavy atom. The second-order valence-electron chi connectivity index (χ2n) is 7.15. The normalized spacial score (nSPS) is 24.7. The molecule has 28 heavy (non-hydrogen) atoms. The summed E-state index contributed by atoms with van der Waals surface area (Å²) in [4.78, 5) is 3.37. The minimum absolute atomic E-state index is 0.219. The Bertz CT molecular complexity index is 1010. The molecule has 0 N–H and O–H groups in total. The van der Waals surface area contributed by atoms with E-state index in [0.717, 1.165) is 23.4 Å². The van der Waals surface area contributed by atoms with Gasteiger partial charge in [0.25, 0.3) is 0 Å². The Morgan fingerprint density at radius 3 is 2.32 bits per heavy atom. The standard InChI is InChI=1S/C23H19Cl2NOS/c1-27-18-13-11-16(12-14-18)21-15-22(17-7-3-2-4-8-17)23(24,25)26(22)19-9-5-6-10-20(19)28-21/h2-14,21H,15H2,1H3/t21-,22+,26?/m1/s1. The quantitative estimate of drug-likeness (QED) is 0.259. The fourth-order valence-corrected chi connectivity index (χ4v) is 6.55. The molecule has 1 fully saturated rings. The summed E-state index contributed by atoms with van der Waals surface area (Å²) in [5.41, 5.74) is 3.03. The van der Waals surface area contributed by atoms with Crippen LogP contribution in [0.15, 0.2) is 83.8 Å². The lowest BCUT2D eigenvalue weighted by Crippen LogP contribution is -2.19. The van der Waals surface area contributed by atoms with Crippen LogP contribution >= 0.6 is 35.0 Å². The second-order valence-corrected chi connectivity index (χ2v) is 9.69. The van der Waals surface area contributed by atoms with Gasteiger partial charge in [-0.3, -0.25) is 0 Å². The number of methoxy groups -OCH3 is 1. The molecule has 0 amide bonds. The lowest BCUT2D eigenvalue weighted by Gasteiger charge is -2.22. The Kier molecular flexibility index (Phi) is 4.31. The molecule has 0 unspecified atom stereocenters. The van der Waals surface area contributed by atoms with Crippen LogP contribution in [0.4, 0.5) is 5.69 Å². The zero-order chi connectivity index (χ0) is 19.4. The van der Waals surface area contributed by atoms with Crippen molar-refractivity contribution < 1.29 is 4.74 Å². The van der Waals surface area contributed by atoms with E-state index in [9.17, 15) is 0 Å². The highest BCUT2D eigenvalue weighted by Crippen LogP contribution is 2.72. The van der Waals surface area contributed by atoms with Gasteiger partial charge in [0.15, 0.2) is 0 Å². The molecule has 2 nitrogen and oxygen atoms in total. The number of hydrogen-bond acceptors (Lipinski definition) is 3. The van der Waals surface area contributed by atoms with Crippen molar-refractivity contribution in [2.75, 3.05) is 12.0 Å². The number of rotatable bonds is 3. The maximum Gasteiger partial charge on any atom is 0.219 e. The molecule has 2 aliphatic rings. The first-order valence-electron chi connectivity index (χ1n) is 9.21. The van der Waals surface area contributed by atoms with Crippen molar-refractivity contribution in [1.82, 2.24) is 0 Å². The van der Waals surface area contributed by atoms with E-state index in [4.69, 9.17) is 27.9 Å². The fourth-order valence-electron chi connectivity index (χ4n) is 4.26. The van der Waals surface area contributed by atoms with Crippen molar-refractivity contribution in [3.63, 3.8) is 0 Å². The Hall–Kier alpha value is -1.81. The molecule has 0 radical (unpaired) electrons. The number of fused-ring (bicyclic) bond motifs is 3. The van der Waals surface area contributed by atoms with E-state index in [2.05, 4.69) is 59.5 Å². The molecule has 142 valence electrons. The summed E-state index contributed by atoms with van der Waals surface area (Å²) in [6, 6.07) is 27.1. The van der Waals surface area contributed by atoms with Crippen LogP contribution in [0.3, 0.4) is 0 Å². The molecule has 0 spiro atoms. The number of para-hydroxylation sites is 1. The molecular formula is C23H19Cl2NOS. The summed E-state index contributed by atoms with van der Waals surface area (Å²) in [5.74, 6) is 0.859. The van der Waals surface area contributed by atoms with Crippen molar-refractivity contribution in [1.29, 1.82) is 0 Å². The minimum Gasteiger partial charge on any atom is -0.497 e. The Labute approximate surface area is 179 Å². The summed E-state index contributed by atoms with van der Waals surface area (Å²) in [6.07, 6.45) is 0.815. The van der Waals surface area contributed by atoms with Crippen molar-refractivity contribution >= 4 is 40.7 Å². The first-order chi connectivity index (χ1) is 13.6. The molecule has 0 aliphatic carbocycles. The summed E-state index contributed by atoms with van der Waals surface area (Å²) in [7, 11) is 1.69. The highest BCUT2D eigenvalue weighted by Gasteiger charge is 2.76. The summed E-state index contributed by atoms with van der Waals surface area (Å²) < 4.78 is 4.36. The molecule has 3 aromatic rings. The van der Waals surface area contributed by atoms with Gasteiger partial charge in [0.2, 0.25) is 4.46 Å². The van der Waals surface area contributed by atoms with Gasteiger partial charge in [-0.1, -0.05) is 77.8 Å². The van der Waals surface area contributed by atoms with Crippen LogP contribution in [-0.2, 0) is 5.54 Å². The summed E-state index contributed by atoms with van der Waals surface area (Å²) in [6.45, 7) is 0. The molecule has 1 saturated heterocycles. The van der Waals surface area contributed by atoms with Crippen molar-refractivity contribution in [3.05, 3.63) is 90.0 Å². The molecule has 3 aromatic carbocycles. The van der Waals surface area contributed by atoms with Crippen LogP contribution in [0.1, 0.15) is 22.8 Å². The molecular weight excluding hydrogens is 409 g/mol. The second kappa shape index (κ2) is 6.62. The number of anilines is 1.